The largest absolute Gasteiger partial charge is 0.508 e. The van der Waals surface area contributed by atoms with E-state index in [1.165, 1.54) is 0 Å². The fourth-order valence-electron chi connectivity index (χ4n) is 2.01. The molecule has 1 aromatic carbocycles. The van der Waals surface area contributed by atoms with Gasteiger partial charge in [0, 0.05) is 12.1 Å². The molecule has 0 radical (unpaired) electrons. The molecule has 0 aliphatic carbocycles. The number of nitrogens with one attached hydrogen (secondary N) is 1. The maximum atomic E-state index is 9.42. The van der Waals surface area contributed by atoms with Gasteiger partial charge in [-0.15, -0.1) is 0 Å². The molecule has 17 heavy (non-hydrogen) atoms. The summed E-state index contributed by atoms with van der Waals surface area (Å²) in [6, 6.07) is 7.45. The lowest BCUT2D eigenvalue weighted by atomic mass is 10.0. The second-order valence-corrected chi connectivity index (χ2v) is 4.99. The topological polar surface area (TPSA) is 52.5 Å². The molecule has 0 aromatic heterocycles. The molecule has 0 aliphatic rings. The predicted molar refractivity (Wildman–Crippen MR) is 70.0 cm³/mol. The third-order valence-corrected chi connectivity index (χ3v) is 2.83. The summed E-state index contributed by atoms with van der Waals surface area (Å²) in [5.41, 5.74) is 1.03. The highest BCUT2D eigenvalue weighted by molar-refractivity contribution is 5.29. The molecule has 1 aromatic rings. The van der Waals surface area contributed by atoms with Crippen LogP contribution < -0.4 is 5.32 Å². The van der Waals surface area contributed by atoms with Crippen LogP contribution in [0.1, 0.15) is 38.8 Å². The molecule has 0 bridgehead atoms. The van der Waals surface area contributed by atoms with Crippen molar-refractivity contribution < 1.29 is 10.2 Å². The number of rotatable bonds is 6. The standard InChI is InChI=1S/C14H23NO2/c1-10(2)7-13(9-16)15-11(3)12-5-4-6-14(17)8-12/h4-6,8,10-11,13,15-17H,7,9H2,1-3H3. The van der Waals surface area contributed by atoms with Gasteiger partial charge in [0.15, 0.2) is 0 Å². The van der Waals surface area contributed by atoms with Crippen molar-refractivity contribution in [2.24, 2.45) is 5.92 Å². The molecule has 0 amide bonds. The summed E-state index contributed by atoms with van der Waals surface area (Å²) in [6.45, 7) is 6.46. The minimum absolute atomic E-state index is 0.104. The van der Waals surface area contributed by atoms with Crippen LogP contribution in [0.5, 0.6) is 5.75 Å². The molecule has 2 unspecified atom stereocenters. The Balaban J connectivity index is 2.60. The van der Waals surface area contributed by atoms with E-state index < -0.39 is 0 Å². The van der Waals surface area contributed by atoms with Crippen LogP contribution >= 0.6 is 0 Å². The van der Waals surface area contributed by atoms with Gasteiger partial charge in [0.1, 0.15) is 5.75 Å². The smallest absolute Gasteiger partial charge is 0.115 e. The van der Waals surface area contributed by atoms with Gasteiger partial charge in [0.2, 0.25) is 0 Å². The monoisotopic (exact) mass is 237 g/mol. The molecule has 2 atom stereocenters. The van der Waals surface area contributed by atoms with Crippen LogP contribution in [0.3, 0.4) is 0 Å². The highest BCUT2D eigenvalue weighted by Crippen LogP contribution is 2.19. The molecule has 96 valence electrons. The minimum atomic E-state index is 0.104. The van der Waals surface area contributed by atoms with Crippen LogP contribution in [0.2, 0.25) is 0 Å². The fourth-order valence-corrected chi connectivity index (χ4v) is 2.01. The maximum absolute atomic E-state index is 9.42. The van der Waals surface area contributed by atoms with E-state index in [0.29, 0.717) is 5.92 Å². The van der Waals surface area contributed by atoms with E-state index in [2.05, 4.69) is 19.2 Å². The van der Waals surface area contributed by atoms with Crippen molar-refractivity contribution in [3.05, 3.63) is 29.8 Å². The van der Waals surface area contributed by atoms with Crippen molar-refractivity contribution in [3.8, 4) is 5.75 Å². The zero-order valence-corrected chi connectivity index (χ0v) is 10.9. The Bertz CT molecular complexity index is 339. The molecule has 0 fully saturated rings. The van der Waals surface area contributed by atoms with E-state index in [9.17, 15) is 10.2 Å². The van der Waals surface area contributed by atoms with Crippen LogP contribution in [-0.4, -0.2) is 22.9 Å². The van der Waals surface area contributed by atoms with Crippen molar-refractivity contribution in [3.63, 3.8) is 0 Å². The summed E-state index contributed by atoms with van der Waals surface area (Å²) in [4.78, 5) is 0. The summed E-state index contributed by atoms with van der Waals surface area (Å²) in [5, 5.41) is 22.1. The first-order chi connectivity index (χ1) is 8.02. The number of aliphatic hydroxyl groups excluding tert-OH is 1. The maximum Gasteiger partial charge on any atom is 0.115 e. The lowest BCUT2D eigenvalue weighted by Crippen LogP contribution is -2.35. The number of aromatic hydroxyl groups is 1. The van der Waals surface area contributed by atoms with Gasteiger partial charge < -0.3 is 15.5 Å². The summed E-state index contributed by atoms with van der Waals surface area (Å²) in [7, 11) is 0. The average molecular weight is 237 g/mol. The van der Waals surface area contributed by atoms with Gasteiger partial charge in [-0.1, -0.05) is 26.0 Å². The highest BCUT2D eigenvalue weighted by atomic mass is 16.3. The normalized spacial score (nSPS) is 14.9. The Morgan fingerprint density at radius 1 is 1.24 bits per heavy atom. The third kappa shape index (κ3) is 4.75. The summed E-state index contributed by atoms with van der Waals surface area (Å²) in [6.07, 6.45) is 0.944. The zero-order chi connectivity index (χ0) is 12.8. The Morgan fingerprint density at radius 3 is 2.47 bits per heavy atom. The van der Waals surface area contributed by atoms with Gasteiger partial charge in [-0.05, 0) is 37.0 Å². The van der Waals surface area contributed by atoms with Gasteiger partial charge >= 0.3 is 0 Å². The van der Waals surface area contributed by atoms with E-state index >= 15 is 0 Å². The lowest BCUT2D eigenvalue weighted by Gasteiger charge is -2.23. The minimum Gasteiger partial charge on any atom is -0.508 e. The highest BCUT2D eigenvalue weighted by Gasteiger charge is 2.14. The number of phenolic OH excluding ortho intramolecular Hbond substituents is 1. The summed E-state index contributed by atoms with van der Waals surface area (Å²) < 4.78 is 0. The first kappa shape index (κ1) is 14.0. The van der Waals surface area contributed by atoms with Crippen LogP contribution in [0, 0.1) is 5.92 Å². The number of aliphatic hydroxyl groups is 1. The zero-order valence-electron chi connectivity index (χ0n) is 10.9. The van der Waals surface area contributed by atoms with Gasteiger partial charge in [0.25, 0.3) is 0 Å². The van der Waals surface area contributed by atoms with Crippen molar-refractivity contribution in [2.45, 2.75) is 39.3 Å². The van der Waals surface area contributed by atoms with Crippen LogP contribution in [-0.2, 0) is 0 Å². The van der Waals surface area contributed by atoms with Crippen LogP contribution in [0.15, 0.2) is 24.3 Å². The lowest BCUT2D eigenvalue weighted by molar-refractivity contribution is 0.215. The van der Waals surface area contributed by atoms with Crippen molar-refractivity contribution >= 4 is 0 Å². The molecule has 0 saturated heterocycles. The van der Waals surface area contributed by atoms with Gasteiger partial charge in [-0.2, -0.15) is 0 Å². The van der Waals surface area contributed by atoms with Gasteiger partial charge in [-0.3, -0.25) is 0 Å². The second-order valence-electron chi connectivity index (χ2n) is 4.99. The van der Waals surface area contributed by atoms with Crippen LogP contribution in [0.25, 0.3) is 0 Å². The average Bonchev–Trinajstić information content (AvgIpc) is 2.27. The van der Waals surface area contributed by atoms with E-state index in [4.69, 9.17) is 0 Å². The molecule has 0 aliphatic heterocycles. The fraction of sp³-hybridized carbons (Fsp3) is 0.571. The quantitative estimate of drug-likeness (QED) is 0.712. The van der Waals surface area contributed by atoms with E-state index in [1.807, 2.05) is 19.1 Å². The predicted octanol–water partition coefficient (Wildman–Crippen LogP) is 2.45. The van der Waals surface area contributed by atoms with Crippen molar-refractivity contribution in [1.29, 1.82) is 0 Å². The van der Waals surface area contributed by atoms with E-state index in [-0.39, 0.29) is 24.4 Å². The molecular formula is C14H23NO2. The molecule has 3 nitrogen and oxygen atoms in total. The molecule has 3 N–H and O–H groups in total. The molecule has 1 rings (SSSR count). The number of hydrogen-bond donors (Lipinski definition) is 3. The second kappa shape index (κ2) is 6.62. The first-order valence-corrected chi connectivity index (χ1v) is 6.18. The third-order valence-electron chi connectivity index (χ3n) is 2.83. The molecule has 0 heterocycles. The molecule has 0 spiro atoms. The Morgan fingerprint density at radius 2 is 1.94 bits per heavy atom. The summed E-state index contributed by atoms with van der Waals surface area (Å²) >= 11 is 0. The van der Waals surface area contributed by atoms with Crippen molar-refractivity contribution in [2.75, 3.05) is 6.61 Å². The molecule has 3 heteroatoms. The number of benzene rings is 1. The molecule has 0 saturated carbocycles. The van der Waals surface area contributed by atoms with E-state index in [0.717, 1.165) is 12.0 Å². The van der Waals surface area contributed by atoms with Gasteiger partial charge in [0.05, 0.1) is 6.61 Å². The SMILES string of the molecule is CC(C)CC(CO)NC(C)c1cccc(O)c1. The Labute approximate surface area is 103 Å². The number of hydrogen-bond acceptors (Lipinski definition) is 3. The molecular weight excluding hydrogens is 214 g/mol. The Kier molecular flexibility index (Phi) is 5.45. The van der Waals surface area contributed by atoms with Crippen molar-refractivity contribution in [1.82, 2.24) is 5.32 Å². The summed E-state index contributed by atoms with van der Waals surface area (Å²) in [5.74, 6) is 0.830. The number of phenols is 1. The first-order valence-electron chi connectivity index (χ1n) is 6.18. The van der Waals surface area contributed by atoms with Crippen LogP contribution in [0.4, 0.5) is 0 Å². The Hall–Kier alpha value is -1.06. The van der Waals surface area contributed by atoms with Gasteiger partial charge in [-0.25, -0.2) is 0 Å². The van der Waals surface area contributed by atoms with E-state index in [1.54, 1.807) is 12.1 Å².